The average Bonchev–Trinajstić information content (AvgIpc) is 2.27. The van der Waals surface area contributed by atoms with Gasteiger partial charge in [-0.15, -0.1) is 0 Å². The highest BCUT2D eigenvalue weighted by atomic mass is 28.4. The van der Waals surface area contributed by atoms with Crippen LogP contribution >= 0.6 is 0 Å². The second-order valence-electron chi connectivity index (χ2n) is 6.75. The van der Waals surface area contributed by atoms with Crippen LogP contribution in [0.3, 0.4) is 0 Å². The molecule has 1 unspecified atom stereocenters. The van der Waals surface area contributed by atoms with E-state index in [0.29, 0.717) is 12.5 Å². The van der Waals surface area contributed by atoms with Crippen molar-refractivity contribution < 1.29 is 9.16 Å². The summed E-state index contributed by atoms with van der Waals surface area (Å²) in [5.41, 5.74) is 0. The molecule has 1 aliphatic carbocycles. The Morgan fingerprint density at radius 3 is 2.63 bits per heavy atom. The Labute approximate surface area is 119 Å². The van der Waals surface area contributed by atoms with Crippen molar-refractivity contribution in [1.29, 1.82) is 0 Å². The Morgan fingerprint density at radius 1 is 1.37 bits per heavy atom. The minimum Gasteiger partial charge on any atom is -0.547 e. The number of allylic oxidation sites excluding steroid dienone is 2. The molecule has 3 heteroatoms. The van der Waals surface area contributed by atoms with Gasteiger partial charge in [-0.1, -0.05) is 32.6 Å². The van der Waals surface area contributed by atoms with E-state index in [9.17, 15) is 0 Å². The summed E-state index contributed by atoms with van der Waals surface area (Å²) in [5, 5.41) is 0.252. The van der Waals surface area contributed by atoms with Gasteiger partial charge in [0.05, 0.1) is 5.76 Å². The van der Waals surface area contributed by atoms with Gasteiger partial charge in [0.25, 0.3) is 0 Å². The molecule has 0 aromatic rings. The first-order valence-corrected chi connectivity index (χ1v) is 10.0. The zero-order valence-electron chi connectivity index (χ0n) is 13.3. The number of rotatable bonds is 3. The average molecular weight is 280 g/mol. The van der Waals surface area contributed by atoms with E-state index in [1.807, 2.05) is 0 Å². The van der Waals surface area contributed by atoms with Gasteiger partial charge < -0.3 is 9.16 Å². The maximum atomic E-state index is 6.38. The molecule has 0 bridgehead atoms. The maximum Gasteiger partial charge on any atom is 0.250 e. The molecule has 0 N–H and O–H groups in total. The van der Waals surface area contributed by atoms with Crippen LogP contribution in [0.25, 0.3) is 0 Å². The van der Waals surface area contributed by atoms with Crippen LogP contribution in [-0.2, 0) is 9.16 Å². The summed E-state index contributed by atoms with van der Waals surface area (Å²) in [6, 6.07) is 0. The lowest BCUT2D eigenvalue weighted by Gasteiger charge is -2.38. The summed E-state index contributed by atoms with van der Waals surface area (Å²) in [6.45, 7) is 11.9. The molecule has 0 aliphatic heterocycles. The third-order valence-corrected chi connectivity index (χ3v) is 8.41. The molecule has 0 aromatic heterocycles. The van der Waals surface area contributed by atoms with E-state index in [0.717, 1.165) is 18.6 Å². The van der Waals surface area contributed by atoms with Crippen molar-refractivity contribution in [2.45, 2.75) is 58.2 Å². The van der Waals surface area contributed by atoms with Crippen LogP contribution in [0.5, 0.6) is 0 Å². The number of hydrogen-bond acceptors (Lipinski definition) is 2. The van der Waals surface area contributed by atoms with E-state index >= 15 is 0 Å². The molecule has 1 rings (SSSR count). The van der Waals surface area contributed by atoms with E-state index < -0.39 is 8.32 Å². The van der Waals surface area contributed by atoms with Crippen LogP contribution in [-0.4, -0.2) is 22.0 Å². The Morgan fingerprint density at radius 2 is 2.05 bits per heavy atom. The van der Waals surface area contributed by atoms with E-state index in [-0.39, 0.29) is 5.04 Å². The van der Waals surface area contributed by atoms with Gasteiger partial charge in [-0.25, -0.2) is 0 Å². The summed E-state index contributed by atoms with van der Waals surface area (Å²) in [7, 11) is -0.0232. The van der Waals surface area contributed by atoms with Crippen LogP contribution in [0.15, 0.2) is 11.8 Å². The minimum atomic E-state index is -1.70. The first-order chi connectivity index (χ1) is 8.76. The molecular weight excluding hydrogens is 252 g/mol. The normalized spacial score (nSPS) is 20.3. The highest BCUT2D eigenvalue weighted by Crippen LogP contribution is 2.39. The van der Waals surface area contributed by atoms with Gasteiger partial charge in [0.1, 0.15) is 6.61 Å². The lowest BCUT2D eigenvalue weighted by molar-refractivity contribution is 0.239. The molecule has 1 aliphatic rings. The van der Waals surface area contributed by atoms with Gasteiger partial charge in [-0.2, -0.15) is 0 Å². The summed E-state index contributed by atoms with van der Waals surface area (Å²) in [4.78, 5) is 0. The fourth-order valence-electron chi connectivity index (χ4n) is 1.81. The SMILES string of the molecule is COCC#CC1C=C(O[Si](C)(C)C(C)(C)C)CCC1. The number of hydrogen-bond donors (Lipinski definition) is 0. The quantitative estimate of drug-likeness (QED) is 0.565. The lowest BCUT2D eigenvalue weighted by atomic mass is 9.95. The largest absolute Gasteiger partial charge is 0.547 e. The van der Waals surface area contributed by atoms with Crippen molar-refractivity contribution in [3.8, 4) is 11.8 Å². The lowest BCUT2D eigenvalue weighted by Crippen LogP contribution is -2.40. The molecule has 0 fully saturated rings. The van der Waals surface area contributed by atoms with Crippen LogP contribution in [0.1, 0.15) is 40.0 Å². The Balaban J connectivity index is 2.71. The highest BCUT2D eigenvalue weighted by molar-refractivity contribution is 6.74. The Kier molecular flexibility index (Phi) is 5.70. The van der Waals surface area contributed by atoms with E-state index in [1.54, 1.807) is 7.11 Å². The molecule has 0 saturated heterocycles. The molecule has 0 radical (unpaired) electrons. The third kappa shape index (κ3) is 5.04. The minimum absolute atomic E-state index is 0.252. The van der Waals surface area contributed by atoms with Gasteiger partial charge in [0.15, 0.2) is 0 Å². The number of ether oxygens (including phenoxy) is 1. The van der Waals surface area contributed by atoms with Crippen LogP contribution in [0, 0.1) is 17.8 Å². The van der Waals surface area contributed by atoms with Gasteiger partial charge in [-0.3, -0.25) is 0 Å². The van der Waals surface area contributed by atoms with Crippen molar-refractivity contribution in [3.05, 3.63) is 11.8 Å². The summed E-state index contributed by atoms with van der Waals surface area (Å²) in [5.74, 6) is 7.82. The fraction of sp³-hybridized carbons (Fsp3) is 0.750. The Hall–Kier alpha value is -0.723. The molecule has 0 aromatic carbocycles. The van der Waals surface area contributed by atoms with E-state index in [4.69, 9.17) is 9.16 Å². The van der Waals surface area contributed by atoms with Crippen LogP contribution < -0.4 is 0 Å². The molecule has 2 nitrogen and oxygen atoms in total. The van der Waals surface area contributed by atoms with Gasteiger partial charge in [0.2, 0.25) is 8.32 Å². The first-order valence-electron chi connectivity index (χ1n) is 7.13. The fourth-order valence-corrected chi connectivity index (χ4v) is 2.94. The predicted octanol–water partition coefficient (Wildman–Crippen LogP) is 4.34. The smallest absolute Gasteiger partial charge is 0.250 e. The van der Waals surface area contributed by atoms with Crippen molar-refractivity contribution >= 4 is 8.32 Å². The van der Waals surface area contributed by atoms with Crippen LogP contribution in [0.2, 0.25) is 18.1 Å². The standard InChI is InChI=1S/C16H28O2Si/c1-16(2,3)19(5,6)18-15-11-7-9-14(13-15)10-8-12-17-4/h13-14H,7,9,11-12H2,1-6H3. The van der Waals surface area contributed by atoms with Crippen molar-refractivity contribution in [2.24, 2.45) is 5.92 Å². The second kappa shape index (κ2) is 6.63. The zero-order valence-corrected chi connectivity index (χ0v) is 14.3. The molecular formula is C16H28O2Si. The zero-order chi connectivity index (χ0) is 14.5. The molecule has 0 amide bonds. The molecule has 19 heavy (non-hydrogen) atoms. The summed E-state index contributed by atoms with van der Waals surface area (Å²) >= 11 is 0. The Bertz CT molecular complexity index is 380. The maximum absolute atomic E-state index is 6.38. The van der Waals surface area contributed by atoms with E-state index in [2.05, 4.69) is 51.8 Å². The first kappa shape index (κ1) is 16.3. The van der Waals surface area contributed by atoms with Crippen molar-refractivity contribution in [2.75, 3.05) is 13.7 Å². The topological polar surface area (TPSA) is 18.5 Å². The van der Waals surface area contributed by atoms with Crippen molar-refractivity contribution in [1.82, 2.24) is 0 Å². The molecule has 108 valence electrons. The van der Waals surface area contributed by atoms with Gasteiger partial charge >= 0.3 is 0 Å². The predicted molar refractivity (Wildman–Crippen MR) is 83.4 cm³/mol. The summed E-state index contributed by atoms with van der Waals surface area (Å²) < 4.78 is 11.3. The molecule has 1 atom stereocenters. The second-order valence-corrected chi connectivity index (χ2v) is 11.5. The van der Waals surface area contributed by atoms with Gasteiger partial charge in [-0.05, 0) is 37.0 Å². The van der Waals surface area contributed by atoms with Crippen molar-refractivity contribution in [3.63, 3.8) is 0 Å². The third-order valence-electron chi connectivity index (χ3n) is 4.02. The van der Waals surface area contributed by atoms with E-state index in [1.165, 1.54) is 6.42 Å². The molecule has 0 heterocycles. The monoisotopic (exact) mass is 280 g/mol. The van der Waals surface area contributed by atoms with Gasteiger partial charge in [0, 0.05) is 19.4 Å². The molecule has 0 spiro atoms. The van der Waals surface area contributed by atoms with Crippen LogP contribution in [0.4, 0.5) is 0 Å². The summed E-state index contributed by atoms with van der Waals surface area (Å²) in [6.07, 6.45) is 5.61. The highest BCUT2D eigenvalue weighted by Gasteiger charge is 2.39. The molecule has 0 saturated carbocycles. The number of methoxy groups -OCH3 is 1.